The Labute approximate surface area is 208 Å². The predicted molar refractivity (Wildman–Crippen MR) is 137 cm³/mol. The van der Waals surface area contributed by atoms with E-state index in [0.29, 0.717) is 29.3 Å². The molecule has 0 unspecified atom stereocenters. The molecule has 9 nitrogen and oxygen atoms in total. The number of rotatable bonds is 10. The highest BCUT2D eigenvalue weighted by molar-refractivity contribution is 5.92. The van der Waals surface area contributed by atoms with E-state index in [9.17, 15) is 4.79 Å². The van der Waals surface area contributed by atoms with E-state index in [1.54, 1.807) is 32.9 Å². The third-order valence-corrected chi connectivity index (χ3v) is 5.70. The zero-order valence-corrected chi connectivity index (χ0v) is 20.3. The molecule has 2 aromatic heterocycles. The predicted octanol–water partition coefficient (Wildman–Crippen LogP) is 4.41. The molecule has 2 aromatic carbocycles. The molecule has 1 amide bonds. The van der Waals surface area contributed by atoms with Gasteiger partial charge in [-0.05, 0) is 36.6 Å². The zero-order chi connectivity index (χ0) is 25.5. The summed E-state index contributed by atoms with van der Waals surface area (Å²) in [5.41, 5.74) is 5.77. The van der Waals surface area contributed by atoms with Crippen molar-refractivity contribution in [3.63, 3.8) is 0 Å². The number of carbonyl (C=O) groups is 1. The number of hydrogen-bond donors (Lipinski definition) is 3. The molecule has 0 spiro atoms. The van der Waals surface area contributed by atoms with Crippen molar-refractivity contribution in [3.05, 3.63) is 83.7 Å². The van der Waals surface area contributed by atoms with Crippen LogP contribution >= 0.6 is 0 Å². The maximum atomic E-state index is 11.5. The Morgan fingerprint density at radius 3 is 2.36 bits per heavy atom. The second kappa shape index (κ2) is 11.3. The highest BCUT2D eigenvalue weighted by Crippen LogP contribution is 2.41. The molecule has 186 valence electrons. The summed E-state index contributed by atoms with van der Waals surface area (Å²) in [7, 11) is 4.70. The van der Waals surface area contributed by atoms with E-state index < -0.39 is 5.91 Å². The van der Waals surface area contributed by atoms with Gasteiger partial charge >= 0.3 is 0 Å². The standard InChI is InChI=1S/C27H28N4O5/c1-34-22-16-20(17-23(35-2)25(22)36-3)28-27-21(13-11-18-8-5-4-6-9-18)29-26-19(10-7-15-31(26)27)12-14-24(32)30-33/h4-10,12,14-17,28,33H,11,13H2,1-3H3,(H,30,32). The summed E-state index contributed by atoms with van der Waals surface area (Å²) in [6.45, 7) is 0. The van der Waals surface area contributed by atoms with Crippen LogP contribution in [0.2, 0.25) is 0 Å². The SMILES string of the molecule is COc1cc(Nc2c(CCc3ccccc3)nc3c(C=CC(=O)NO)cccn23)cc(OC)c1OC. The fourth-order valence-corrected chi connectivity index (χ4v) is 3.97. The molecule has 9 heteroatoms. The molecule has 2 heterocycles. The van der Waals surface area contributed by atoms with Crippen molar-refractivity contribution in [1.82, 2.24) is 14.9 Å². The van der Waals surface area contributed by atoms with Gasteiger partial charge in [-0.25, -0.2) is 10.5 Å². The fourth-order valence-electron chi connectivity index (χ4n) is 3.97. The molecule has 0 aliphatic carbocycles. The number of amides is 1. The molecule has 36 heavy (non-hydrogen) atoms. The van der Waals surface area contributed by atoms with Gasteiger partial charge in [-0.1, -0.05) is 30.3 Å². The number of carbonyl (C=O) groups excluding carboxylic acids is 1. The Hall–Kier alpha value is -4.50. The first-order valence-corrected chi connectivity index (χ1v) is 11.3. The third-order valence-electron chi connectivity index (χ3n) is 5.70. The number of pyridine rings is 1. The van der Waals surface area contributed by atoms with E-state index in [4.69, 9.17) is 24.4 Å². The molecule has 4 aromatic rings. The number of nitrogens with one attached hydrogen (secondary N) is 2. The maximum Gasteiger partial charge on any atom is 0.267 e. The van der Waals surface area contributed by atoms with Crippen molar-refractivity contribution in [2.75, 3.05) is 26.6 Å². The van der Waals surface area contributed by atoms with Gasteiger partial charge in [0.1, 0.15) is 11.5 Å². The minimum atomic E-state index is -0.622. The molecular weight excluding hydrogens is 460 g/mol. The molecule has 0 fully saturated rings. The lowest BCUT2D eigenvalue weighted by Crippen LogP contribution is -2.14. The van der Waals surface area contributed by atoms with Crippen LogP contribution in [0.4, 0.5) is 11.5 Å². The summed E-state index contributed by atoms with van der Waals surface area (Å²) in [5.74, 6) is 1.71. The Morgan fingerprint density at radius 2 is 1.72 bits per heavy atom. The average Bonchev–Trinajstić information content (AvgIpc) is 3.27. The Balaban J connectivity index is 1.79. The highest BCUT2D eigenvalue weighted by Gasteiger charge is 2.18. The second-order valence-corrected chi connectivity index (χ2v) is 7.90. The lowest BCUT2D eigenvalue weighted by molar-refractivity contribution is -0.124. The van der Waals surface area contributed by atoms with Crippen LogP contribution in [0.15, 0.2) is 66.9 Å². The van der Waals surface area contributed by atoms with E-state index >= 15 is 0 Å². The van der Waals surface area contributed by atoms with Crippen molar-refractivity contribution in [3.8, 4) is 17.2 Å². The number of ether oxygens (including phenoxy) is 3. The molecule has 0 aliphatic heterocycles. The lowest BCUT2D eigenvalue weighted by Gasteiger charge is -2.15. The highest BCUT2D eigenvalue weighted by atomic mass is 16.5. The molecule has 0 radical (unpaired) electrons. The van der Waals surface area contributed by atoms with Crippen LogP contribution in [0.3, 0.4) is 0 Å². The quantitative estimate of drug-likeness (QED) is 0.172. The van der Waals surface area contributed by atoms with Crippen molar-refractivity contribution >= 4 is 29.1 Å². The average molecular weight is 489 g/mol. The van der Waals surface area contributed by atoms with Gasteiger partial charge in [0.15, 0.2) is 11.5 Å². The fraction of sp³-hybridized carbons (Fsp3) is 0.185. The van der Waals surface area contributed by atoms with Crippen LogP contribution in [-0.4, -0.2) is 41.8 Å². The molecule has 0 aliphatic rings. The van der Waals surface area contributed by atoms with Gasteiger partial charge in [0.05, 0.1) is 27.0 Å². The molecule has 0 saturated carbocycles. The first-order valence-electron chi connectivity index (χ1n) is 11.3. The minimum absolute atomic E-state index is 0.502. The number of aromatic nitrogens is 2. The van der Waals surface area contributed by atoms with Gasteiger partial charge in [-0.15, -0.1) is 0 Å². The smallest absolute Gasteiger partial charge is 0.267 e. The number of imidazole rings is 1. The Bertz CT molecular complexity index is 1360. The van der Waals surface area contributed by atoms with Gasteiger partial charge in [-0.3, -0.25) is 14.4 Å². The Kier molecular flexibility index (Phi) is 7.72. The summed E-state index contributed by atoms with van der Waals surface area (Å²) in [5, 5.41) is 12.3. The van der Waals surface area contributed by atoms with Crippen molar-refractivity contribution < 1.29 is 24.2 Å². The van der Waals surface area contributed by atoms with Gasteiger partial charge in [0.2, 0.25) is 5.75 Å². The number of benzene rings is 2. The van der Waals surface area contributed by atoms with Crippen molar-refractivity contribution in [2.45, 2.75) is 12.8 Å². The summed E-state index contributed by atoms with van der Waals surface area (Å²) in [4.78, 5) is 16.5. The van der Waals surface area contributed by atoms with Crippen LogP contribution in [0.25, 0.3) is 11.7 Å². The summed E-state index contributed by atoms with van der Waals surface area (Å²) in [6.07, 6.45) is 6.24. The van der Waals surface area contributed by atoms with Gasteiger partial charge < -0.3 is 19.5 Å². The number of fused-ring (bicyclic) bond motifs is 1. The largest absolute Gasteiger partial charge is 0.493 e. The van der Waals surface area contributed by atoms with Crippen LogP contribution in [0.5, 0.6) is 17.2 Å². The van der Waals surface area contributed by atoms with Crippen LogP contribution in [-0.2, 0) is 17.6 Å². The monoisotopic (exact) mass is 488 g/mol. The lowest BCUT2D eigenvalue weighted by atomic mass is 10.1. The number of hydrogen-bond acceptors (Lipinski definition) is 7. The Morgan fingerprint density at radius 1 is 1.00 bits per heavy atom. The first-order chi connectivity index (χ1) is 17.6. The molecular formula is C27H28N4O5. The molecule has 4 rings (SSSR count). The van der Waals surface area contributed by atoms with Gasteiger partial charge in [0.25, 0.3) is 5.91 Å². The zero-order valence-electron chi connectivity index (χ0n) is 20.3. The maximum absolute atomic E-state index is 11.5. The van der Waals surface area contributed by atoms with Crippen LogP contribution in [0, 0.1) is 0 Å². The van der Waals surface area contributed by atoms with E-state index in [1.807, 2.05) is 53.1 Å². The number of anilines is 2. The van der Waals surface area contributed by atoms with Crippen molar-refractivity contribution in [1.29, 1.82) is 0 Å². The summed E-state index contributed by atoms with van der Waals surface area (Å²) in [6, 6.07) is 17.6. The van der Waals surface area contributed by atoms with E-state index in [-0.39, 0.29) is 0 Å². The number of nitrogens with zero attached hydrogens (tertiary/aromatic N) is 2. The van der Waals surface area contributed by atoms with Gasteiger partial charge in [0, 0.05) is 35.7 Å². The number of hydroxylamine groups is 1. The normalized spacial score (nSPS) is 11.0. The number of aryl methyl sites for hydroxylation is 2. The summed E-state index contributed by atoms with van der Waals surface area (Å²) >= 11 is 0. The van der Waals surface area contributed by atoms with Crippen LogP contribution in [0.1, 0.15) is 16.8 Å². The second-order valence-electron chi connectivity index (χ2n) is 7.90. The molecule has 0 saturated heterocycles. The molecule has 0 bridgehead atoms. The van der Waals surface area contributed by atoms with Crippen molar-refractivity contribution in [2.24, 2.45) is 0 Å². The topological polar surface area (TPSA) is 106 Å². The molecule has 3 N–H and O–H groups in total. The molecule has 0 atom stereocenters. The van der Waals surface area contributed by atoms with E-state index in [1.165, 1.54) is 11.6 Å². The van der Waals surface area contributed by atoms with Crippen LogP contribution < -0.4 is 25.0 Å². The van der Waals surface area contributed by atoms with E-state index in [2.05, 4.69) is 17.4 Å². The summed E-state index contributed by atoms with van der Waals surface area (Å²) < 4.78 is 18.4. The number of methoxy groups -OCH3 is 3. The van der Waals surface area contributed by atoms with E-state index in [0.717, 1.165) is 29.2 Å². The minimum Gasteiger partial charge on any atom is -0.493 e. The van der Waals surface area contributed by atoms with Gasteiger partial charge in [-0.2, -0.15) is 0 Å². The first kappa shape index (κ1) is 24.6. The third kappa shape index (κ3) is 5.26.